The maximum atomic E-state index is 13.1. The van der Waals surface area contributed by atoms with E-state index in [0.29, 0.717) is 25.1 Å². The Kier molecular flexibility index (Phi) is 6.41. The second-order valence-corrected chi connectivity index (χ2v) is 8.78. The van der Waals surface area contributed by atoms with Crippen LogP contribution >= 0.6 is 11.3 Å². The Balaban J connectivity index is 1.34. The van der Waals surface area contributed by atoms with E-state index < -0.39 is 5.54 Å². The normalized spacial score (nSPS) is 18.0. The molecule has 1 fully saturated rings. The molecule has 4 rings (SSSR count). The molecule has 1 N–H and O–H groups in total. The van der Waals surface area contributed by atoms with Crippen molar-refractivity contribution in [3.63, 3.8) is 0 Å². The molecule has 0 saturated carbocycles. The van der Waals surface area contributed by atoms with Gasteiger partial charge in [-0.2, -0.15) is 0 Å². The minimum Gasteiger partial charge on any atom is -0.497 e. The predicted molar refractivity (Wildman–Crippen MR) is 122 cm³/mol. The number of nitrogens with zero attached hydrogens (tertiary/aromatic N) is 2. The first-order valence-corrected chi connectivity index (χ1v) is 11.2. The Morgan fingerprint density at radius 3 is 2.53 bits per heavy atom. The molecule has 1 unspecified atom stereocenters. The standard InChI is InChI=1S/C24H25N3O4S/c1-24(13-12-17-8-10-19(30-2)11-9-17)22(28)27(23(29)26-24)14-18-16-32-21(25-18)15-31-20-6-4-3-5-7-20/h3-11,16H,12-15H2,1-2H3,(H,26,29). The van der Waals surface area contributed by atoms with E-state index in [2.05, 4.69) is 10.3 Å². The van der Waals surface area contributed by atoms with Gasteiger partial charge in [0.05, 0.1) is 19.3 Å². The van der Waals surface area contributed by atoms with Crippen LogP contribution in [0.1, 0.15) is 29.6 Å². The van der Waals surface area contributed by atoms with Crippen LogP contribution in [0.15, 0.2) is 60.0 Å². The highest BCUT2D eigenvalue weighted by molar-refractivity contribution is 7.09. The molecule has 1 atom stereocenters. The minimum atomic E-state index is -0.938. The number of amides is 3. The molecule has 2 aromatic carbocycles. The predicted octanol–water partition coefficient (Wildman–Crippen LogP) is 4.17. The lowest BCUT2D eigenvalue weighted by Crippen LogP contribution is -2.44. The van der Waals surface area contributed by atoms with Gasteiger partial charge in [0.2, 0.25) is 0 Å². The van der Waals surface area contributed by atoms with Crippen LogP contribution in [0, 0.1) is 0 Å². The molecule has 1 aliphatic heterocycles. The molecule has 2 heterocycles. The number of aryl methyl sites for hydroxylation is 1. The molecule has 0 spiro atoms. The Labute approximate surface area is 191 Å². The van der Waals surface area contributed by atoms with Crippen molar-refractivity contribution in [3.05, 3.63) is 76.2 Å². The monoisotopic (exact) mass is 451 g/mol. The fourth-order valence-electron chi connectivity index (χ4n) is 3.56. The van der Waals surface area contributed by atoms with Gasteiger partial charge in [-0.3, -0.25) is 9.69 Å². The number of benzene rings is 2. The Hall–Kier alpha value is -3.39. The molecule has 1 aromatic heterocycles. The Morgan fingerprint density at radius 1 is 1.06 bits per heavy atom. The first-order valence-electron chi connectivity index (χ1n) is 10.3. The van der Waals surface area contributed by atoms with Crippen LogP contribution in [-0.2, 0) is 24.4 Å². The zero-order valence-corrected chi connectivity index (χ0v) is 18.9. The third-order valence-electron chi connectivity index (χ3n) is 5.44. The molecule has 8 heteroatoms. The van der Waals surface area contributed by atoms with Crippen LogP contribution in [0.25, 0.3) is 0 Å². The zero-order chi connectivity index (χ0) is 22.6. The lowest BCUT2D eigenvalue weighted by molar-refractivity contribution is -0.131. The molecular formula is C24H25N3O4S. The van der Waals surface area contributed by atoms with Crippen LogP contribution < -0.4 is 14.8 Å². The number of urea groups is 1. The van der Waals surface area contributed by atoms with Gasteiger partial charge in [0, 0.05) is 5.38 Å². The smallest absolute Gasteiger partial charge is 0.325 e. The maximum absolute atomic E-state index is 13.1. The van der Waals surface area contributed by atoms with Gasteiger partial charge in [0.1, 0.15) is 28.7 Å². The number of nitrogens with one attached hydrogen (secondary N) is 1. The number of thiazole rings is 1. The first-order chi connectivity index (χ1) is 15.5. The molecule has 3 amide bonds. The molecule has 0 radical (unpaired) electrons. The van der Waals surface area contributed by atoms with Crippen LogP contribution in [0.2, 0.25) is 0 Å². The van der Waals surface area contributed by atoms with E-state index in [9.17, 15) is 9.59 Å². The van der Waals surface area contributed by atoms with E-state index in [4.69, 9.17) is 9.47 Å². The van der Waals surface area contributed by atoms with Gasteiger partial charge in [0.25, 0.3) is 5.91 Å². The Morgan fingerprint density at radius 2 is 1.81 bits per heavy atom. The van der Waals surface area contributed by atoms with Crippen molar-refractivity contribution in [2.75, 3.05) is 7.11 Å². The summed E-state index contributed by atoms with van der Waals surface area (Å²) in [6, 6.07) is 16.8. The van der Waals surface area contributed by atoms with Gasteiger partial charge in [-0.1, -0.05) is 30.3 Å². The maximum Gasteiger partial charge on any atom is 0.325 e. The molecule has 1 aliphatic rings. The number of imide groups is 1. The zero-order valence-electron chi connectivity index (χ0n) is 18.0. The molecule has 7 nitrogen and oxygen atoms in total. The summed E-state index contributed by atoms with van der Waals surface area (Å²) in [5, 5.41) is 5.51. The number of hydrogen-bond donors (Lipinski definition) is 1. The van der Waals surface area contributed by atoms with E-state index in [-0.39, 0.29) is 18.5 Å². The highest BCUT2D eigenvalue weighted by atomic mass is 32.1. The molecule has 32 heavy (non-hydrogen) atoms. The van der Waals surface area contributed by atoms with Crippen molar-refractivity contribution in [1.29, 1.82) is 0 Å². The molecule has 0 bridgehead atoms. The molecule has 1 saturated heterocycles. The fourth-order valence-corrected chi connectivity index (χ4v) is 4.25. The van der Waals surface area contributed by atoms with Gasteiger partial charge in [0.15, 0.2) is 0 Å². The van der Waals surface area contributed by atoms with Crippen LogP contribution in [0.5, 0.6) is 11.5 Å². The summed E-state index contributed by atoms with van der Waals surface area (Å²) >= 11 is 1.45. The average molecular weight is 452 g/mol. The van der Waals surface area contributed by atoms with E-state index in [1.165, 1.54) is 16.2 Å². The number of hydrogen-bond acceptors (Lipinski definition) is 6. The van der Waals surface area contributed by atoms with Gasteiger partial charge >= 0.3 is 6.03 Å². The van der Waals surface area contributed by atoms with Crippen molar-refractivity contribution >= 4 is 23.3 Å². The lowest BCUT2D eigenvalue weighted by atomic mass is 9.93. The van der Waals surface area contributed by atoms with Crippen LogP contribution in [-0.4, -0.2) is 34.5 Å². The number of carbonyl (C=O) groups excluding carboxylic acids is 2. The number of ether oxygens (including phenoxy) is 2. The van der Waals surface area contributed by atoms with E-state index >= 15 is 0 Å². The van der Waals surface area contributed by atoms with Gasteiger partial charge < -0.3 is 14.8 Å². The average Bonchev–Trinajstić information content (AvgIpc) is 3.35. The molecule has 0 aliphatic carbocycles. The van der Waals surface area contributed by atoms with Gasteiger partial charge in [-0.15, -0.1) is 11.3 Å². The van der Waals surface area contributed by atoms with Crippen molar-refractivity contribution in [2.24, 2.45) is 0 Å². The van der Waals surface area contributed by atoms with Crippen molar-refractivity contribution in [3.8, 4) is 11.5 Å². The summed E-state index contributed by atoms with van der Waals surface area (Å²) in [5.41, 5.74) is 0.811. The summed E-state index contributed by atoms with van der Waals surface area (Å²) < 4.78 is 10.9. The van der Waals surface area contributed by atoms with Crippen LogP contribution in [0.4, 0.5) is 4.79 Å². The topological polar surface area (TPSA) is 80.8 Å². The van der Waals surface area contributed by atoms with E-state index in [1.54, 1.807) is 14.0 Å². The first kappa shape index (κ1) is 21.8. The molecule has 166 valence electrons. The quantitative estimate of drug-likeness (QED) is 0.494. The fraction of sp³-hybridized carbons (Fsp3) is 0.292. The number of carbonyl (C=O) groups is 2. The number of aromatic nitrogens is 1. The van der Waals surface area contributed by atoms with Gasteiger partial charge in [-0.25, -0.2) is 9.78 Å². The lowest BCUT2D eigenvalue weighted by Gasteiger charge is -2.21. The summed E-state index contributed by atoms with van der Waals surface area (Å²) in [5.74, 6) is 1.32. The summed E-state index contributed by atoms with van der Waals surface area (Å²) in [4.78, 5) is 31.4. The van der Waals surface area contributed by atoms with E-state index in [1.807, 2.05) is 60.0 Å². The highest BCUT2D eigenvalue weighted by Crippen LogP contribution is 2.26. The summed E-state index contributed by atoms with van der Waals surface area (Å²) in [7, 11) is 1.62. The SMILES string of the molecule is COc1ccc(CCC2(C)NC(=O)N(Cc3csc(COc4ccccc4)n3)C2=O)cc1. The Bertz CT molecular complexity index is 1080. The third kappa shape index (κ3) is 4.91. The van der Waals surface area contributed by atoms with Crippen molar-refractivity contribution in [1.82, 2.24) is 15.2 Å². The number of methoxy groups -OCH3 is 1. The second-order valence-electron chi connectivity index (χ2n) is 7.84. The largest absolute Gasteiger partial charge is 0.497 e. The summed E-state index contributed by atoms with van der Waals surface area (Å²) in [6.07, 6.45) is 1.17. The minimum absolute atomic E-state index is 0.143. The molecule has 3 aromatic rings. The highest BCUT2D eigenvalue weighted by Gasteiger charge is 2.47. The summed E-state index contributed by atoms with van der Waals surface area (Å²) in [6.45, 7) is 2.26. The number of para-hydroxylation sites is 1. The third-order valence-corrected chi connectivity index (χ3v) is 6.31. The van der Waals surface area contributed by atoms with E-state index in [0.717, 1.165) is 22.1 Å². The van der Waals surface area contributed by atoms with Crippen LogP contribution in [0.3, 0.4) is 0 Å². The number of rotatable bonds is 9. The second kappa shape index (κ2) is 9.40. The molecular weight excluding hydrogens is 426 g/mol. The van der Waals surface area contributed by atoms with Gasteiger partial charge in [-0.05, 0) is 49.6 Å². The van der Waals surface area contributed by atoms with Crippen molar-refractivity contribution in [2.45, 2.75) is 38.5 Å². The van der Waals surface area contributed by atoms with Crippen molar-refractivity contribution < 1.29 is 19.1 Å².